The average molecular weight is 244 g/mol. The van der Waals surface area contributed by atoms with Crippen LogP contribution in [0.4, 0.5) is 5.82 Å². The van der Waals surface area contributed by atoms with Gasteiger partial charge in [0.2, 0.25) is 5.28 Å². The molecular formula is C10H14ClN3S. The third-order valence-electron chi connectivity index (χ3n) is 1.72. The number of halogens is 1. The van der Waals surface area contributed by atoms with E-state index < -0.39 is 0 Å². The van der Waals surface area contributed by atoms with Crippen molar-refractivity contribution in [2.75, 3.05) is 23.4 Å². The summed E-state index contributed by atoms with van der Waals surface area (Å²) in [5.74, 6) is 2.81. The van der Waals surface area contributed by atoms with Crippen molar-refractivity contribution in [2.24, 2.45) is 0 Å². The molecule has 1 N–H and O–H groups in total. The van der Waals surface area contributed by atoms with Gasteiger partial charge in [-0.3, -0.25) is 0 Å². The normalized spacial score (nSPS) is 10.0. The summed E-state index contributed by atoms with van der Waals surface area (Å²) in [5.41, 5.74) is 1.01. The first-order chi connectivity index (χ1) is 7.24. The summed E-state index contributed by atoms with van der Waals surface area (Å²) in [6.45, 7) is 6.48. The van der Waals surface area contributed by atoms with Crippen molar-refractivity contribution in [1.29, 1.82) is 0 Å². The molecule has 15 heavy (non-hydrogen) atoms. The van der Waals surface area contributed by atoms with E-state index in [1.165, 1.54) is 0 Å². The Morgan fingerprint density at radius 3 is 3.20 bits per heavy atom. The fraction of sp³-hybridized carbons (Fsp3) is 0.400. The number of thioether (sulfide) groups is 1. The molecule has 0 saturated carbocycles. The summed E-state index contributed by atoms with van der Waals surface area (Å²) < 4.78 is 0. The van der Waals surface area contributed by atoms with E-state index in [0.717, 1.165) is 29.4 Å². The van der Waals surface area contributed by atoms with Crippen LogP contribution in [-0.2, 0) is 0 Å². The van der Waals surface area contributed by atoms with E-state index >= 15 is 0 Å². The molecule has 0 atom stereocenters. The number of hydrogen-bond donors (Lipinski definition) is 1. The van der Waals surface area contributed by atoms with Gasteiger partial charge < -0.3 is 5.32 Å². The molecule has 82 valence electrons. The first kappa shape index (κ1) is 12.3. The summed E-state index contributed by atoms with van der Waals surface area (Å²) in [6, 6.07) is 0. The van der Waals surface area contributed by atoms with Crippen LogP contribution in [0.25, 0.3) is 0 Å². The van der Waals surface area contributed by atoms with Crippen molar-refractivity contribution in [3.05, 3.63) is 29.7 Å². The third-order valence-corrected chi connectivity index (χ3v) is 2.86. The zero-order valence-electron chi connectivity index (χ0n) is 8.66. The van der Waals surface area contributed by atoms with Crippen LogP contribution >= 0.6 is 23.4 Å². The summed E-state index contributed by atoms with van der Waals surface area (Å²) in [4.78, 5) is 8.00. The van der Waals surface area contributed by atoms with E-state index in [4.69, 9.17) is 11.6 Å². The smallest absolute Gasteiger partial charge is 0.224 e. The monoisotopic (exact) mass is 243 g/mol. The van der Waals surface area contributed by atoms with Gasteiger partial charge in [-0.05, 0) is 18.5 Å². The maximum Gasteiger partial charge on any atom is 0.224 e. The fourth-order valence-corrected chi connectivity index (χ4v) is 1.72. The lowest BCUT2D eigenvalue weighted by molar-refractivity contribution is 1.09. The number of nitrogens with zero attached hydrogens (tertiary/aromatic N) is 2. The second kappa shape index (κ2) is 6.69. The molecule has 0 saturated heterocycles. The van der Waals surface area contributed by atoms with Crippen LogP contribution < -0.4 is 5.32 Å². The molecule has 0 radical (unpaired) electrons. The van der Waals surface area contributed by atoms with Gasteiger partial charge in [0, 0.05) is 29.8 Å². The van der Waals surface area contributed by atoms with E-state index in [1.807, 2.05) is 24.8 Å². The fourth-order valence-electron chi connectivity index (χ4n) is 1.01. The molecule has 1 aromatic heterocycles. The third kappa shape index (κ3) is 4.53. The number of rotatable bonds is 6. The van der Waals surface area contributed by atoms with Crippen molar-refractivity contribution in [3.63, 3.8) is 0 Å². The average Bonchev–Trinajstić information content (AvgIpc) is 2.23. The molecule has 1 heterocycles. The minimum Gasteiger partial charge on any atom is -0.369 e. The molecule has 0 aromatic carbocycles. The van der Waals surface area contributed by atoms with Crippen molar-refractivity contribution >= 4 is 29.2 Å². The molecule has 0 fully saturated rings. The van der Waals surface area contributed by atoms with Gasteiger partial charge in [-0.1, -0.05) is 6.08 Å². The Kier molecular flexibility index (Phi) is 5.50. The summed E-state index contributed by atoms with van der Waals surface area (Å²) in [7, 11) is 0. The van der Waals surface area contributed by atoms with E-state index in [0.29, 0.717) is 0 Å². The maximum atomic E-state index is 5.70. The molecular weight excluding hydrogens is 230 g/mol. The Hall–Kier alpha value is -0.740. The number of aromatic nitrogens is 2. The van der Waals surface area contributed by atoms with E-state index in [1.54, 1.807) is 6.20 Å². The molecule has 0 unspecified atom stereocenters. The van der Waals surface area contributed by atoms with Crippen LogP contribution in [-0.4, -0.2) is 28.0 Å². The Labute approximate surface area is 99.3 Å². The molecule has 0 aliphatic rings. The molecule has 0 bridgehead atoms. The van der Waals surface area contributed by atoms with Crippen molar-refractivity contribution < 1.29 is 0 Å². The second-order valence-corrected chi connectivity index (χ2v) is 4.45. The van der Waals surface area contributed by atoms with Gasteiger partial charge in [-0.2, -0.15) is 11.8 Å². The van der Waals surface area contributed by atoms with Gasteiger partial charge in [-0.25, -0.2) is 9.97 Å². The summed E-state index contributed by atoms with van der Waals surface area (Å²) >= 11 is 7.52. The predicted molar refractivity (Wildman–Crippen MR) is 67.8 cm³/mol. The maximum absolute atomic E-state index is 5.70. The largest absolute Gasteiger partial charge is 0.369 e. The lowest BCUT2D eigenvalue weighted by atomic mass is 10.3. The standard InChI is InChI=1S/C10H14ClN3S/c1-3-5-15-6-4-12-9-8(2)7-13-10(11)14-9/h3,7H,1,4-6H2,2H3,(H,12,13,14). The molecule has 3 nitrogen and oxygen atoms in total. The first-order valence-electron chi connectivity index (χ1n) is 4.65. The number of nitrogens with one attached hydrogen (secondary N) is 1. The van der Waals surface area contributed by atoms with Crippen LogP contribution in [0.3, 0.4) is 0 Å². The van der Waals surface area contributed by atoms with Gasteiger partial charge in [-0.15, -0.1) is 6.58 Å². The first-order valence-corrected chi connectivity index (χ1v) is 6.19. The minimum atomic E-state index is 0.279. The molecule has 0 spiro atoms. The highest BCUT2D eigenvalue weighted by Gasteiger charge is 2.00. The van der Waals surface area contributed by atoms with E-state index in [2.05, 4.69) is 21.9 Å². The highest BCUT2D eigenvalue weighted by atomic mass is 35.5. The topological polar surface area (TPSA) is 37.8 Å². The zero-order valence-corrected chi connectivity index (χ0v) is 10.2. The van der Waals surface area contributed by atoms with Gasteiger partial charge in [0.15, 0.2) is 0 Å². The second-order valence-electron chi connectivity index (χ2n) is 2.96. The predicted octanol–water partition coefficient (Wildman–Crippen LogP) is 2.77. The Bertz CT molecular complexity index is 330. The number of hydrogen-bond acceptors (Lipinski definition) is 4. The molecule has 0 aliphatic heterocycles. The highest BCUT2D eigenvalue weighted by Crippen LogP contribution is 2.12. The zero-order chi connectivity index (χ0) is 11.1. The quantitative estimate of drug-likeness (QED) is 0.474. The Morgan fingerprint density at radius 2 is 2.47 bits per heavy atom. The Morgan fingerprint density at radius 1 is 1.67 bits per heavy atom. The highest BCUT2D eigenvalue weighted by molar-refractivity contribution is 7.99. The molecule has 1 rings (SSSR count). The van der Waals surface area contributed by atoms with Crippen LogP contribution in [0.15, 0.2) is 18.9 Å². The molecule has 0 amide bonds. The van der Waals surface area contributed by atoms with E-state index in [9.17, 15) is 0 Å². The van der Waals surface area contributed by atoms with Crippen molar-refractivity contribution in [3.8, 4) is 0 Å². The van der Waals surface area contributed by atoms with Gasteiger partial charge in [0.1, 0.15) is 5.82 Å². The molecule has 1 aromatic rings. The van der Waals surface area contributed by atoms with E-state index in [-0.39, 0.29) is 5.28 Å². The van der Waals surface area contributed by atoms with Crippen LogP contribution in [0.2, 0.25) is 5.28 Å². The molecule has 5 heteroatoms. The lowest BCUT2D eigenvalue weighted by Gasteiger charge is -2.07. The van der Waals surface area contributed by atoms with Crippen molar-refractivity contribution in [1.82, 2.24) is 9.97 Å². The van der Waals surface area contributed by atoms with Crippen LogP contribution in [0.1, 0.15) is 5.56 Å². The van der Waals surface area contributed by atoms with Crippen LogP contribution in [0.5, 0.6) is 0 Å². The van der Waals surface area contributed by atoms with Crippen molar-refractivity contribution in [2.45, 2.75) is 6.92 Å². The number of aryl methyl sites for hydroxylation is 1. The summed E-state index contributed by atoms with van der Waals surface area (Å²) in [6.07, 6.45) is 3.62. The minimum absolute atomic E-state index is 0.279. The van der Waals surface area contributed by atoms with Gasteiger partial charge in [0.25, 0.3) is 0 Å². The van der Waals surface area contributed by atoms with Gasteiger partial charge in [0.05, 0.1) is 0 Å². The van der Waals surface area contributed by atoms with Crippen LogP contribution in [0, 0.1) is 6.92 Å². The molecule has 0 aliphatic carbocycles. The SMILES string of the molecule is C=CCSCCNc1nc(Cl)ncc1C. The Balaban J connectivity index is 2.36. The summed E-state index contributed by atoms with van der Waals surface area (Å²) in [5, 5.41) is 3.50. The lowest BCUT2D eigenvalue weighted by Crippen LogP contribution is -2.07. The van der Waals surface area contributed by atoms with Gasteiger partial charge >= 0.3 is 0 Å². The number of anilines is 1.